The summed E-state index contributed by atoms with van der Waals surface area (Å²) in [7, 11) is 0. The van der Waals surface area contributed by atoms with E-state index < -0.39 is 5.82 Å². The lowest BCUT2D eigenvalue weighted by Crippen LogP contribution is -2.17. The molecule has 3 nitrogen and oxygen atoms in total. The van der Waals surface area contributed by atoms with E-state index in [-0.39, 0.29) is 16.8 Å². The monoisotopic (exact) mass is 294 g/mol. The highest BCUT2D eigenvalue weighted by molar-refractivity contribution is 6.30. The molecule has 0 aliphatic heterocycles. The van der Waals surface area contributed by atoms with Gasteiger partial charge in [-0.25, -0.2) is 9.37 Å². The van der Waals surface area contributed by atoms with Crippen molar-refractivity contribution in [3.8, 4) is 11.6 Å². The van der Waals surface area contributed by atoms with Crippen LogP contribution in [0.3, 0.4) is 0 Å². The van der Waals surface area contributed by atoms with Crippen molar-refractivity contribution in [2.24, 2.45) is 0 Å². The van der Waals surface area contributed by atoms with Crippen LogP contribution < -0.4 is 10.1 Å². The van der Waals surface area contributed by atoms with Crippen molar-refractivity contribution in [3.05, 3.63) is 52.9 Å². The van der Waals surface area contributed by atoms with Crippen LogP contribution in [0.15, 0.2) is 36.5 Å². The molecule has 2 aromatic rings. The standard InChI is InChI=1S/C15H16ClFN2O/c1-3-18-10(2)11-7-8-19-14(9-11)20-13-6-4-5-12(16)15(13)17/h4-10,18H,3H2,1-2H3. The Morgan fingerprint density at radius 3 is 2.95 bits per heavy atom. The van der Waals surface area contributed by atoms with Gasteiger partial charge < -0.3 is 10.1 Å². The number of aromatic nitrogens is 1. The van der Waals surface area contributed by atoms with E-state index in [0.717, 1.165) is 12.1 Å². The summed E-state index contributed by atoms with van der Waals surface area (Å²) in [6, 6.07) is 8.48. The quantitative estimate of drug-likeness (QED) is 0.891. The maximum absolute atomic E-state index is 13.8. The fourth-order valence-electron chi connectivity index (χ4n) is 1.85. The summed E-state index contributed by atoms with van der Waals surface area (Å²) in [4.78, 5) is 4.09. The molecular formula is C15H16ClFN2O. The van der Waals surface area contributed by atoms with Gasteiger partial charge in [-0.05, 0) is 37.2 Å². The largest absolute Gasteiger partial charge is 0.436 e. The fraction of sp³-hybridized carbons (Fsp3) is 0.267. The van der Waals surface area contributed by atoms with E-state index in [1.807, 2.05) is 19.9 Å². The molecule has 106 valence electrons. The first-order valence-electron chi connectivity index (χ1n) is 6.43. The highest BCUT2D eigenvalue weighted by Crippen LogP contribution is 2.28. The molecule has 0 radical (unpaired) electrons. The van der Waals surface area contributed by atoms with Crippen molar-refractivity contribution < 1.29 is 9.13 Å². The van der Waals surface area contributed by atoms with Crippen molar-refractivity contribution in [3.63, 3.8) is 0 Å². The summed E-state index contributed by atoms with van der Waals surface area (Å²) in [5.41, 5.74) is 1.03. The molecule has 0 fully saturated rings. The van der Waals surface area contributed by atoms with Crippen molar-refractivity contribution >= 4 is 11.6 Å². The molecule has 1 aromatic heterocycles. The first-order chi connectivity index (χ1) is 9.61. The maximum atomic E-state index is 13.8. The fourth-order valence-corrected chi connectivity index (χ4v) is 2.02. The Morgan fingerprint density at radius 1 is 1.40 bits per heavy atom. The van der Waals surface area contributed by atoms with E-state index in [2.05, 4.69) is 10.3 Å². The molecule has 1 N–H and O–H groups in total. The molecular weight excluding hydrogens is 279 g/mol. The van der Waals surface area contributed by atoms with Crippen LogP contribution in [-0.2, 0) is 0 Å². The highest BCUT2D eigenvalue weighted by atomic mass is 35.5. The number of rotatable bonds is 5. The predicted molar refractivity (Wildman–Crippen MR) is 77.8 cm³/mol. The molecule has 1 unspecified atom stereocenters. The summed E-state index contributed by atoms with van der Waals surface area (Å²) in [5.74, 6) is -0.173. The normalized spacial score (nSPS) is 12.2. The third-order valence-electron chi connectivity index (χ3n) is 2.90. The van der Waals surface area contributed by atoms with E-state index in [0.29, 0.717) is 5.88 Å². The van der Waals surface area contributed by atoms with Gasteiger partial charge in [-0.3, -0.25) is 0 Å². The zero-order valence-corrected chi connectivity index (χ0v) is 12.1. The molecule has 0 amide bonds. The molecule has 5 heteroatoms. The summed E-state index contributed by atoms with van der Waals surface area (Å²) < 4.78 is 19.2. The number of pyridine rings is 1. The Hall–Kier alpha value is -1.65. The maximum Gasteiger partial charge on any atom is 0.219 e. The zero-order chi connectivity index (χ0) is 14.5. The summed E-state index contributed by atoms with van der Waals surface area (Å²) in [6.07, 6.45) is 1.64. The minimum Gasteiger partial charge on any atom is -0.436 e. The van der Waals surface area contributed by atoms with Gasteiger partial charge in [0, 0.05) is 18.3 Å². The summed E-state index contributed by atoms with van der Waals surface area (Å²) >= 11 is 5.72. The van der Waals surface area contributed by atoms with Crippen LogP contribution in [-0.4, -0.2) is 11.5 Å². The number of hydrogen-bond acceptors (Lipinski definition) is 3. The zero-order valence-electron chi connectivity index (χ0n) is 11.4. The van der Waals surface area contributed by atoms with Crippen LogP contribution in [0.2, 0.25) is 5.02 Å². The Kier molecular flexibility index (Phi) is 4.93. The Balaban J connectivity index is 2.21. The second-order valence-electron chi connectivity index (χ2n) is 4.36. The Labute approximate surface area is 122 Å². The minimum absolute atomic E-state index is 0.0275. The predicted octanol–water partition coefficient (Wildman–Crippen LogP) is 4.34. The average Bonchev–Trinajstić information content (AvgIpc) is 2.44. The molecule has 1 atom stereocenters. The third-order valence-corrected chi connectivity index (χ3v) is 3.19. The van der Waals surface area contributed by atoms with Crippen molar-refractivity contribution in [2.45, 2.75) is 19.9 Å². The number of hydrogen-bond donors (Lipinski definition) is 1. The van der Waals surface area contributed by atoms with Gasteiger partial charge in [0.25, 0.3) is 0 Å². The van der Waals surface area contributed by atoms with E-state index >= 15 is 0 Å². The van der Waals surface area contributed by atoms with E-state index in [1.165, 1.54) is 12.1 Å². The molecule has 0 aliphatic carbocycles. The Bertz CT molecular complexity index is 592. The molecule has 0 saturated carbocycles. The SMILES string of the molecule is CCNC(C)c1ccnc(Oc2cccc(Cl)c2F)c1. The van der Waals surface area contributed by atoms with Crippen LogP contribution in [0.1, 0.15) is 25.5 Å². The number of nitrogens with zero attached hydrogens (tertiary/aromatic N) is 1. The second-order valence-corrected chi connectivity index (χ2v) is 4.77. The molecule has 0 bridgehead atoms. The first-order valence-corrected chi connectivity index (χ1v) is 6.80. The lowest BCUT2D eigenvalue weighted by atomic mass is 10.1. The summed E-state index contributed by atoms with van der Waals surface area (Å²) in [6.45, 7) is 4.95. The molecule has 20 heavy (non-hydrogen) atoms. The molecule has 0 saturated heterocycles. The van der Waals surface area contributed by atoms with Gasteiger partial charge in [0.05, 0.1) is 5.02 Å². The molecule has 0 aliphatic rings. The Morgan fingerprint density at radius 2 is 2.20 bits per heavy atom. The molecule has 2 rings (SSSR count). The van der Waals surface area contributed by atoms with Crippen LogP contribution in [0, 0.1) is 5.82 Å². The van der Waals surface area contributed by atoms with Crippen molar-refractivity contribution in [1.82, 2.24) is 10.3 Å². The number of nitrogens with one attached hydrogen (secondary N) is 1. The van der Waals surface area contributed by atoms with Gasteiger partial charge in [-0.1, -0.05) is 24.6 Å². The average molecular weight is 295 g/mol. The van der Waals surface area contributed by atoms with E-state index in [4.69, 9.17) is 16.3 Å². The summed E-state index contributed by atoms with van der Waals surface area (Å²) in [5, 5.41) is 3.32. The van der Waals surface area contributed by atoms with Gasteiger partial charge in [-0.2, -0.15) is 0 Å². The number of benzene rings is 1. The van der Waals surface area contributed by atoms with Crippen LogP contribution >= 0.6 is 11.6 Å². The van der Waals surface area contributed by atoms with Crippen molar-refractivity contribution in [1.29, 1.82) is 0 Å². The molecule has 0 spiro atoms. The minimum atomic E-state index is -0.582. The molecule has 1 heterocycles. The van der Waals surface area contributed by atoms with E-state index in [1.54, 1.807) is 18.3 Å². The lowest BCUT2D eigenvalue weighted by Gasteiger charge is -2.13. The smallest absolute Gasteiger partial charge is 0.219 e. The van der Waals surface area contributed by atoms with Crippen LogP contribution in [0.25, 0.3) is 0 Å². The highest BCUT2D eigenvalue weighted by Gasteiger charge is 2.10. The van der Waals surface area contributed by atoms with Crippen molar-refractivity contribution in [2.75, 3.05) is 6.54 Å². The topological polar surface area (TPSA) is 34.2 Å². The van der Waals surface area contributed by atoms with Gasteiger partial charge >= 0.3 is 0 Å². The second kappa shape index (κ2) is 6.68. The lowest BCUT2D eigenvalue weighted by molar-refractivity contribution is 0.426. The number of ether oxygens (including phenoxy) is 1. The van der Waals surface area contributed by atoms with E-state index in [9.17, 15) is 4.39 Å². The van der Waals surface area contributed by atoms with Gasteiger partial charge in [0.1, 0.15) is 0 Å². The number of halogens is 2. The first kappa shape index (κ1) is 14.8. The van der Waals surface area contributed by atoms with Crippen LogP contribution in [0.5, 0.6) is 11.6 Å². The molecule has 1 aromatic carbocycles. The van der Waals surface area contributed by atoms with Gasteiger partial charge in [-0.15, -0.1) is 0 Å². The van der Waals surface area contributed by atoms with Gasteiger partial charge in [0.2, 0.25) is 5.88 Å². The van der Waals surface area contributed by atoms with Crippen LogP contribution in [0.4, 0.5) is 4.39 Å². The third kappa shape index (κ3) is 3.46. The van der Waals surface area contributed by atoms with Gasteiger partial charge in [0.15, 0.2) is 11.6 Å².